The fourth-order valence-electron chi connectivity index (χ4n) is 8.26. The Morgan fingerprint density at radius 1 is 1.03 bits per heavy atom. The number of hydrogen-bond donors (Lipinski definition) is 1. The molecule has 0 aromatic heterocycles. The van der Waals surface area contributed by atoms with Gasteiger partial charge in [0.1, 0.15) is 5.82 Å². The maximum absolute atomic E-state index is 6.59. The first kappa shape index (κ1) is 34.7. The lowest BCUT2D eigenvalue weighted by molar-refractivity contribution is -0.0277. The van der Waals surface area contributed by atoms with Crippen LogP contribution in [-0.4, -0.2) is 18.0 Å². The van der Waals surface area contributed by atoms with E-state index in [4.69, 9.17) is 5.73 Å². The standard InChI is InChI=1S/C31H52N2.C3H8.C2H6/c1-8-15-24(9-2)29(32)33(7)23(4)27-17-18-28-26-16-13-11-12-14-20-30(5,10-3)22-25(26)19-21-31(27,28)6;1-3-2;1-2/h9,23,25-28H,2,10-14,16-22,32H2,1,3-7H3;3H2,1-2H3;1-2H3/b29-24+;;/t23-,25?,26?,27?,28?,30-,31?;;/m0../s1. The Kier molecular flexibility index (Phi) is 15.2. The topological polar surface area (TPSA) is 29.3 Å². The van der Waals surface area contributed by atoms with Crippen LogP contribution in [-0.2, 0) is 0 Å². The fourth-order valence-corrected chi connectivity index (χ4v) is 8.26. The van der Waals surface area contributed by atoms with Crippen LogP contribution in [0, 0.1) is 46.3 Å². The van der Waals surface area contributed by atoms with Crippen molar-refractivity contribution in [1.29, 1.82) is 0 Å². The van der Waals surface area contributed by atoms with Gasteiger partial charge in [0, 0.05) is 13.1 Å². The molecule has 5 unspecified atom stereocenters. The minimum atomic E-state index is 0.422. The average molecular weight is 527 g/mol. The summed E-state index contributed by atoms with van der Waals surface area (Å²) in [5, 5.41) is 0. The fraction of sp³-hybridized carbons (Fsp3) is 0.833. The summed E-state index contributed by atoms with van der Waals surface area (Å²) < 4.78 is 0. The van der Waals surface area contributed by atoms with Crippen LogP contribution in [0.2, 0.25) is 0 Å². The number of nitrogens with zero attached hydrogens (tertiary/aromatic N) is 1. The van der Waals surface area contributed by atoms with Crippen LogP contribution in [0.15, 0.2) is 24.0 Å². The van der Waals surface area contributed by atoms with E-state index in [1.165, 1.54) is 83.5 Å². The van der Waals surface area contributed by atoms with E-state index in [9.17, 15) is 0 Å². The van der Waals surface area contributed by atoms with Crippen molar-refractivity contribution in [2.75, 3.05) is 7.05 Å². The predicted octanol–water partition coefficient (Wildman–Crippen LogP) is 10.3. The molecule has 0 bridgehead atoms. The Morgan fingerprint density at radius 3 is 2.24 bits per heavy atom. The molecule has 38 heavy (non-hydrogen) atoms. The Hall–Kier alpha value is -1.36. The SMILES string of the molecule is C=C/C(C#CC)=C(/N)N(C)[C@@H](C)C1CCC2C3CCCCCC[C@](C)(CC)CC3CCC21C.CC.CCC. The summed E-state index contributed by atoms with van der Waals surface area (Å²) in [5.41, 5.74) is 8.45. The molecule has 2 heteroatoms. The lowest BCUT2D eigenvalue weighted by atomic mass is 9.54. The highest BCUT2D eigenvalue weighted by Crippen LogP contribution is 2.62. The molecular weight excluding hydrogens is 460 g/mol. The van der Waals surface area contributed by atoms with Crippen LogP contribution < -0.4 is 5.73 Å². The van der Waals surface area contributed by atoms with E-state index in [1.54, 1.807) is 0 Å². The van der Waals surface area contributed by atoms with E-state index in [0.717, 1.165) is 29.1 Å². The van der Waals surface area contributed by atoms with Gasteiger partial charge in [0.2, 0.25) is 0 Å². The summed E-state index contributed by atoms with van der Waals surface area (Å²) in [6, 6.07) is 0.422. The molecular formula is C36H66N2. The van der Waals surface area contributed by atoms with Gasteiger partial charge < -0.3 is 10.6 Å². The van der Waals surface area contributed by atoms with Gasteiger partial charge in [-0.2, -0.15) is 0 Å². The number of hydrogen-bond acceptors (Lipinski definition) is 2. The summed E-state index contributed by atoms with van der Waals surface area (Å²) in [5.74, 6) is 10.4. The van der Waals surface area contributed by atoms with Gasteiger partial charge in [-0.1, -0.05) is 106 Å². The maximum Gasteiger partial charge on any atom is 0.115 e. The minimum Gasteiger partial charge on any atom is -0.384 e. The van der Waals surface area contributed by atoms with Crippen LogP contribution in [0.4, 0.5) is 0 Å². The molecule has 0 spiro atoms. The molecule has 3 rings (SSSR count). The summed E-state index contributed by atoms with van der Waals surface area (Å²) in [6.07, 6.45) is 20.2. The van der Waals surface area contributed by atoms with Gasteiger partial charge in [-0.3, -0.25) is 0 Å². The Balaban J connectivity index is 0.00000135. The van der Waals surface area contributed by atoms with Gasteiger partial charge in [0.15, 0.2) is 0 Å². The predicted molar refractivity (Wildman–Crippen MR) is 171 cm³/mol. The van der Waals surface area contributed by atoms with E-state index < -0.39 is 0 Å². The van der Waals surface area contributed by atoms with Crippen molar-refractivity contribution in [3.05, 3.63) is 24.0 Å². The maximum atomic E-state index is 6.59. The molecule has 0 radical (unpaired) electrons. The molecule has 3 aliphatic rings. The lowest BCUT2D eigenvalue weighted by Crippen LogP contribution is -2.48. The van der Waals surface area contributed by atoms with E-state index in [0.29, 0.717) is 22.8 Å². The van der Waals surface area contributed by atoms with E-state index in [-0.39, 0.29) is 0 Å². The summed E-state index contributed by atoms with van der Waals surface area (Å²) in [7, 11) is 2.17. The summed E-state index contributed by atoms with van der Waals surface area (Å²) in [4.78, 5) is 2.30. The first-order valence-corrected chi connectivity index (χ1v) is 16.4. The van der Waals surface area contributed by atoms with Crippen molar-refractivity contribution < 1.29 is 0 Å². The highest BCUT2D eigenvalue weighted by Gasteiger charge is 2.55. The molecule has 3 aliphatic carbocycles. The Morgan fingerprint density at radius 2 is 1.66 bits per heavy atom. The molecule has 0 heterocycles. The first-order valence-electron chi connectivity index (χ1n) is 16.4. The molecule has 3 fully saturated rings. The zero-order valence-electron chi connectivity index (χ0n) is 27.4. The van der Waals surface area contributed by atoms with Crippen molar-refractivity contribution in [2.45, 2.75) is 152 Å². The van der Waals surface area contributed by atoms with Gasteiger partial charge in [-0.15, -0.1) is 5.92 Å². The molecule has 0 saturated heterocycles. The molecule has 2 nitrogen and oxygen atoms in total. The van der Waals surface area contributed by atoms with Crippen LogP contribution in [0.25, 0.3) is 0 Å². The Bertz CT molecular complexity index is 785. The third-order valence-corrected chi connectivity index (χ3v) is 10.6. The quantitative estimate of drug-likeness (QED) is 0.285. The van der Waals surface area contributed by atoms with Crippen LogP contribution in [0.3, 0.4) is 0 Å². The van der Waals surface area contributed by atoms with Gasteiger partial charge in [-0.05, 0) is 93.3 Å². The van der Waals surface area contributed by atoms with Crippen molar-refractivity contribution in [3.8, 4) is 11.8 Å². The molecule has 220 valence electrons. The van der Waals surface area contributed by atoms with Gasteiger partial charge in [0.25, 0.3) is 0 Å². The minimum absolute atomic E-state index is 0.422. The molecule has 0 amide bonds. The van der Waals surface area contributed by atoms with E-state index in [1.807, 2.05) is 26.8 Å². The molecule has 0 aromatic carbocycles. The molecule has 0 aliphatic heterocycles. The number of fused-ring (bicyclic) bond motifs is 3. The summed E-state index contributed by atoms with van der Waals surface area (Å²) in [6.45, 7) is 24.1. The number of allylic oxidation sites excluding steroid dienone is 2. The third-order valence-electron chi connectivity index (χ3n) is 10.6. The monoisotopic (exact) mass is 527 g/mol. The summed E-state index contributed by atoms with van der Waals surface area (Å²) >= 11 is 0. The van der Waals surface area contributed by atoms with Crippen molar-refractivity contribution in [1.82, 2.24) is 4.90 Å². The largest absolute Gasteiger partial charge is 0.384 e. The van der Waals surface area contributed by atoms with E-state index in [2.05, 4.69) is 71.9 Å². The average Bonchev–Trinajstić information content (AvgIpc) is 3.27. The van der Waals surface area contributed by atoms with Gasteiger partial charge >= 0.3 is 0 Å². The highest BCUT2D eigenvalue weighted by molar-refractivity contribution is 5.39. The van der Waals surface area contributed by atoms with Gasteiger partial charge in [-0.25, -0.2) is 0 Å². The van der Waals surface area contributed by atoms with Crippen molar-refractivity contribution in [3.63, 3.8) is 0 Å². The van der Waals surface area contributed by atoms with E-state index >= 15 is 0 Å². The lowest BCUT2D eigenvalue weighted by Gasteiger charge is -2.52. The Labute approximate surface area is 239 Å². The second kappa shape index (κ2) is 16.7. The second-order valence-electron chi connectivity index (χ2n) is 13.0. The normalized spacial score (nSPS) is 34.2. The molecule has 0 aromatic rings. The van der Waals surface area contributed by atoms with Crippen LogP contribution in [0.5, 0.6) is 0 Å². The van der Waals surface area contributed by atoms with Crippen molar-refractivity contribution >= 4 is 0 Å². The molecule has 2 N–H and O–H groups in total. The smallest absolute Gasteiger partial charge is 0.115 e. The zero-order valence-corrected chi connectivity index (χ0v) is 27.4. The highest BCUT2D eigenvalue weighted by atomic mass is 15.2. The zero-order chi connectivity index (χ0) is 28.9. The molecule has 3 saturated carbocycles. The third kappa shape index (κ3) is 8.32. The van der Waals surface area contributed by atoms with Crippen molar-refractivity contribution in [2.24, 2.45) is 40.2 Å². The number of rotatable bonds is 5. The second-order valence-corrected chi connectivity index (χ2v) is 13.0. The van der Waals surface area contributed by atoms with Crippen LogP contribution in [0.1, 0.15) is 146 Å². The van der Waals surface area contributed by atoms with Gasteiger partial charge in [0.05, 0.1) is 5.57 Å². The number of nitrogens with two attached hydrogens (primary N) is 1. The van der Waals surface area contributed by atoms with Crippen LogP contribution >= 0.6 is 0 Å². The first-order chi connectivity index (χ1) is 18.1. The molecule has 7 atom stereocenters.